The summed E-state index contributed by atoms with van der Waals surface area (Å²) in [5, 5.41) is 17.3. The van der Waals surface area contributed by atoms with Gasteiger partial charge in [-0.15, -0.1) is 0 Å². The van der Waals surface area contributed by atoms with Gasteiger partial charge in [-0.1, -0.05) is 60.1 Å². The maximum atomic E-state index is 12.2. The van der Waals surface area contributed by atoms with Gasteiger partial charge in [0.25, 0.3) is 0 Å². The van der Waals surface area contributed by atoms with E-state index in [9.17, 15) is 8.42 Å². The average molecular weight is 396 g/mol. The molecule has 29 heavy (non-hydrogen) atoms. The second kappa shape index (κ2) is 11.0. The van der Waals surface area contributed by atoms with E-state index in [4.69, 9.17) is 10.5 Å². The molecule has 0 atom stereocenters. The molecule has 0 fully saturated rings. The van der Waals surface area contributed by atoms with Crippen LogP contribution in [0.2, 0.25) is 0 Å². The van der Waals surface area contributed by atoms with E-state index in [0.717, 1.165) is 11.1 Å². The number of benzene rings is 2. The van der Waals surface area contributed by atoms with Gasteiger partial charge < -0.3 is 0 Å². The highest BCUT2D eigenvalue weighted by Crippen LogP contribution is 2.10. The summed E-state index contributed by atoms with van der Waals surface area (Å²) >= 11 is 0. The number of nitriles is 2. The number of nitrogens with zero attached hydrogens (tertiary/aromatic N) is 2. The summed E-state index contributed by atoms with van der Waals surface area (Å²) in [7, 11) is -3.47. The topological polar surface area (TPSA) is 81.7 Å². The lowest BCUT2D eigenvalue weighted by Crippen LogP contribution is -2.08. The number of rotatable bonds is 4. The van der Waals surface area contributed by atoms with E-state index in [1.165, 1.54) is 12.2 Å². The second-order valence-electron chi connectivity index (χ2n) is 5.74. The molecule has 0 heterocycles. The summed E-state index contributed by atoms with van der Waals surface area (Å²) in [5.41, 5.74) is 2.80. The van der Waals surface area contributed by atoms with Crippen LogP contribution in [0.25, 0.3) is 12.2 Å². The Morgan fingerprint density at radius 3 is 1.55 bits per heavy atom. The van der Waals surface area contributed by atoms with Gasteiger partial charge in [-0.25, -0.2) is 8.42 Å². The Morgan fingerprint density at radius 1 is 0.724 bits per heavy atom. The van der Waals surface area contributed by atoms with E-state index >= 15 is 0 Å². The minimum absolute atomic E-state index is 0.312. The molecule has 0 aliphatic carbocycles. The SMILES string of the molecule is N#C/C=C\c1ccccc1C#CCS(=O)(=O)CC#Cc1ccccc1/C=C\C#N. The quantitative estimate of drug-likeness (QED) is 0.584. The van der Waals surface area contributed by atoms with Gasteiger partial charge in [0.2, 0.25) is 0 Å². The molecule has 2 aromatic rings. The predicted molar refractivity (Wildman–Crippen MR) is 115 cm³/mol. The Hall–Kier alpha value is -4.03. The maximum absolute atomic E-state index is 12.2. The number of hydrogen-bond acceptors (Lipinski definition) is 4. The van der Waals surface area contributed by atoms with Gasteiger partial charge in [-0.2, -0.15) is 10.5 Å². The van der Waals surface area contributed by atoms with Crippen molar-refractivity contribution in [1.82, 2.24) is 0 Å². The van der Waals surface area contributed by atoms with Crippen molar-refractivity contribution in [3.63, 3.8) is 0 Å². The molecule has 5 heteroatoms. The van der Waals surface area contributed by atoms with Crippen molar-refractivity contribution in [2.45, 2.75) is 0 Å². The van der Waals surface area contributed by atoms with Crippen LogP contribution in [-0.2, 0) is 9.84 Å². The van der Waals surface area contributed by atoms with Gasteiger partial charge in [0, 0.05) is 23.3 Å². The van der Waals surface area contributed by atoms with Crippen molar-refractivity contribution in [2.75, 3.05) is 11.5 Å². The summed E-state index contributed by atoms with van der Waals surface area (Å²) in [6.07, 6.45) is 5.94. The first-order chi connectivity index (χ1) is 14.1. The summed E-state index contributed by atoms with van der Waals surface area (Å²) in [5.74, 6) is 10.4. The van der Waals surface area contributed by atoms with E-state index in [2.05, 4.69) is 23.7 Å². The molecule has 0 aliphatic rings. The lowest BCUT2D eigenvalue weighted by molar-refractivity contribution is 0.603. The number of sulfone groups is 1. The van der Waals surface area contributed by atoms with Gasteiger partial charge >= 0.3 is 0 Å². The van der Waals surface area contributed by atoms with Crippen molar-refractivity contribution in [3.8, 4) is 35.8 Å². The van der Waals surface area contributed by atoms with E-state index in [1.54, 1.807) is 48.6 Å². The maximum Gasteiger partial charge on any atom is 0.172 e. The fourth-order valence-electron chi connectivity index (χ4n) is 2.30. The summed E-state index contributed by atoms with van der Waals surface area (Å²) in [4.78, 5) is 0. The zero-order chi connectivity index (χ0) is 21.0. The van der Waals surface area contributed by atoms with E-state index in [1.807, 2.05) is 24.3 Å². The standard InChI is InChI=1S/C24H16N2O2S/c25-17-5-13-21-9-1-3-11-23(21)15-7-19-29(27,28)20-8-16-24-12-4-2-10-22(24)14-6-18-26/h1-6,9-14H,19-20H2/b13-5-,14-6-. The molecule has 0 aromatic heterocycles. The molecule has 0 unspecified atom stereocenters. The molecule has 0 radical (unpaired) electrons. The van der Waals surface area contributed by atoms with Crippen LogP contribution in [0.3, 0.4) is 0 Å². The van der Waals surface area contributed by atoms with Crippen LogP contribution in [0.5, 0.6) is 0 Å². The molecular formula is C24H16N2O2S. The Labute approximate surface area is 171 Å². The van der Waals surface area contributed by atoms with Gasteiger partial charge in [-0.05, 0) is 35.4 Å². The Morgan fingerprint density at radius 2 is 1.14 bits per heavy atom. The minimum atomic E-state index is -3.47. The van der Waals surface area contributed by atoms with Crippen LogP contribution in [0.1, 0.15) is 22.3 Å². The average Bonchev–Trinajstić information content (AvgIpc) is 2.72. The van der Waals surface area contributed by atoms with Crippen LogP contribution in [-0.4, -0.2) is 19.9 Å². The third-order valence-corrected chi connectivity index (χ3v) is 4.80. The summed E-state index contributed by atoms with van der Waals surface area (Å²) in [6.45, 7) is 0. The highest BCUT2D eigenvalue weighted by molar-refractivity contribution is 7.91. The van der Waals surface area contributed by atoms with E-state index in [0.29, 0.717) is 11.1 Å². The normalized spacial score (nSPS) is 10.4. The highest BCUT2D eigenvalue weighted by atomic mass is 32.2. The first-order valence-electron chi connectivity index (χ1n) is 8.54. The van der Waals surface area contributed by atoms with Crippen LogP contribution >= 0.6 is 0 Å². The fourth-order valence-corrected chi connectivity index (χ4v) is 2.99. The van der Waals surface area contributed by atoms with Crippen molar-refractivity contribution >= 4 is 22.0 Å². The van der Waals surface area contributed by atoms with Gasteiger partial charge in [0.05, 0.1) is 12.1 Å². The second-order valence-corrected chi connectivity index (χ2v) is 7.80. The van der Waals surface area contributed by atoms with Crippen molar-refractivity contribution in [1.29, 1.82) is 10.5 Å². The third kappa shape index (κ3) is 7.24. The molecule has 0 spiro atoms. The molecule has 0 aliphatic heterocycles. The van der Waals surface area contributed by atoms with E-state index < -0.39 is 9.84 Å². The predicted octanol–water partition coefficient (Wildman–Crippen LogP) is 3.58. The van der Waals surface area contributed by atoms with Crippen LogP contribution in [0.15, 0.2) is 60.7 Å². The fraction of sp³-hybridized carbons (Fsp3) is 0.0833. The third-order valence-electron chi connectivity index (χ3n) is 3.63. The Balaban J connectivity index is 2.10. The zero-order valence-corrected chi connectivity index (χ0v) is 16.3. The Bertz CT molecular complexity index is 1160. The largest absolute Gasteiger partial charge is 0.227 e. The van der Waals surface area contributed by atoms with Crippen LogP contribution < -0.4 is 0 Å². The minimum Gasteiger partial charge on any atom is -0.227 e. The smallest absolute Gasteiger partial charge is 0.172 e. The first-order valence-corrected chi connectivity index (χ1v) is 10.4. The van der Waals surface area contributed by atoms with Gasteiger partial charge in [-0.3, -0.25) is 0 Å². The number of allylic oxidation sites excluding steroid dienone is 2. The monoisotopic (exact) mass is 396 g/mol. The molecule has 4 nitrogen and oxygen atoms in total. The molecule has 0 saturated carbocycles. The van der Waals surface area contributed by atoms with Gasteiger partial charge in [0.15, 0.2) is 9.84 Å². The molecular weight excluding hydrogens is 380 g/mol. The first kappa shape index (κ1) is 21.3. The van der Waals surface area contributed by atoms with Crippen molar-refractivity contribution in [3.05, 3.63) is 82.9 Å². The van der Waals surface area contributed by atoms with Crippen LogP contribution in [0, 0.1) is 46.3 Å². The molecule has 2 rings (SSSR count). The lowest BCUT2D eigenvalue weighted by atomic mass is 10.1. The van der Waals surface area contributed by atoms with Gasteiger partial charge in [0.1, 0.15) is 11.5 Å². The summed E-state index contributed by atoms with van der Waals surface area (Å²) < 4.78 is 24.4. The molecule has 2 aromatic carbocycles. The molecule has 140 valence electrons. The number of hydrogen-bond donors (Lipinski definition) is 0. The van der Waals surface area contributed by atoms with Crippen molar-refractivity contribution < 1.29 is 8.42 Å². The zero-order valence-electron chi connectivity index (χ0n) is 15.5. The van der Waals surface area contributed by atoms with Crippen molar-refractivity contribution in [2.24, 2.45) is 0 Å². The molecule has 0 amide bonds. The summed E-state index contributed by atoms with van der Waals surface area (Å²) in [6, 6.07) is 18.2. The molecule has 0 saturated heterocycles. The molecule has 0 bridgehead atoms. The Kier molecular flexibility index (Phi) is 8.04. The highest BCUT2D eigenvalue weighted by Gasteiger charge is 2.06. The molecule has 0 N–H and O–H groups in total. The van der Waals surface area contributed by atoms with Crippen LogP contribution in [0.4, 0.5) is 0 Å². The van der Waals surface area contributed by atoms with E-state index in [-0.39, 0.29) is 11.5 Å². The lowest BCUT2D eigenvalue weighted by Gasteiger charge is -1.98.